The van der Waals surface area contributed by atoms with Gasteiger partial charge in [-0.25, -0.2) is 8.42 Å². The van der Waals surface area contributed by atoms with E-state index in [0.717, 1.165) is 11.3 Å². The van der Waals surface area contributed by atoms with Crippen molar-refractivity contribution in [3.05, 3.63) is 17.0 Å². The van der Waals surface area contributed by atoms with Crippen LogP contribution in [0.15, 0.2) is 16.3 Å². The number of carbonyl (C=O) groups is 2. The van der Waals surface area contributed by atoms with E-state index >= 15 is 0 Å². The number of nitrogens with one attached hydrogen (secondary N) is 2. The van der Waals surface area contributed by atoms with Crippen LogP contribution in [0.1, 0.15) is 17.7 Å². The molecule has 1 unspecified atom stereocenters. The minimum absolute atomic E-state index is 0.0205. The minimum atomic E-state index is -3.79. The lowest BCUT2D eigenvalue weighted by Crippen LogP contribution is -2.49. The zero-order chi connectivity index (χ0) is 14.8. The quantitative estimate of drug-likeness (QED) is 0.703. The van der Waals surface area contributed by atoms with Crippen LogP contribution in [0.4, 0.5) is 0 Å². The summed E-state index contributed by atoms with van der Waals surface area (Å²) < 4.78 is 26.6. The molecule has 1 fully saturated rings. The van der Waals surface area contributed by atoms with Gasteiger partial charge in [-0.3, -0.25) is 9.59 Å². The molecule has 9 heteroatoms. The Labute approximate surface area is 120 Å². The highest BCUT2D eigenvalue weighted by Gasteiger charge is 2.28. The normalized spacial score (nSPS) is 19.6. The molecule has 110 valence electrons. The van der Waals surface area contributed by atoms with Crippen molar-refractivity contribution in [2.24, 2.45) is 0 Å². The van der Waals surface area contributed by atoms with Crippen molar-refractivity contribution in [2.45, 2.75) is 29.5 Å². The summed E-state index contributed by atoms with van der Waals surface area (Å²) in [5.74, 6) is -1.35. The molecule has 0 bridgehead atoms. The summed E-state index contributed by atoms with van der Waals surface area (Å²) in [5, 5.41) is 11.3. The summed E-state index contributed by atoms with van der Waals surface area (Å²) in [4.78, 5) is 22.6. The molecule has 0 saturated carbocycles. The molecule has 1 aromatic rings. The summed E-state index contributed by atoms with van der Waals surface area (Å²) >= 11 is 0.895. The first-order valence-electron chi connectivity index (χ1n) is 5.99. The monoisotopic (exact) mass is 318 g/mol. The Kier molecular flexibility index (Phi) is 4.41. The number of carboxylic acid groups (broad SMARTS) is 1. The van der Waals surface area contributed by atoms with Gasteiger partial charge in [0.15, 0.2) is 0 Å². The lowest BCUT2D eigenvalue weighted by Gasteiger charge is -2.22. The molecule has 7 nitrogen and oxygen atoms in total. The van der Waals surface area contributed by atoms with Gasteiger partial charge in [0.05, 0.1) is 6.42 Å². The van der Waals surface area contributed by atoms with Crippen LogP contribution in [0.5, 0.6) is 0 Å². The molecule has 1 amide bonds. The van der Waals surface area contributed by atoms with Gasteiger partial charge in [0.2, 0.25) is 5.91 Å². The second kappa shape index (κ2) is 5.90. The Balaban J connectivity index is 2.11. The fourth-order valence-electron chi connectivity index (χ4n) is 1.88. The second-order valence-corrected chi connectivity index (χ2v) is 7.51. The largest absolute Gasteiger partial charge is 0.481 e. The topological polar surface area (TPSA) is 113 Å². The average Bonchev–Trinajstić information content (AvgIpc) is 2.80. The van der Waals surface area contributed by atoms with E-state index in [4.69, 9.17) is 5.11 Å². The number of amides is 1. The summed E-state index contributed by atoms with van der Waals surface area (Å²) in [6, 6.07) is 2.05. The number of sulfonamides is 1. The van der Waals surface area contributed by atoms with Gasteiger partial charge in [-0.05, 0) is 25.0 Å². The van der Waals surface area contributed by atoms with Crippen LogP contribution in [0.2, 0.25) is 0 Å². The molecular formula is C11H14N2O5S2. The van der Waals surface area contributed by atoms with Gasteiger partial charge in [-0.15, -0.1) is 11.3 Å². The zero-order valence-electron chi connectivity index (χ0n) is 10.5. The lowest BCUT2D eigenvalue weighted by atomic mass is 10.1. The number of piperidine rings is 1. The van der Waals surface area contributed by atoms with E-state index < -0.39 is 22.0 Å². The molecule has 0 spiro atoms. The lowest BCUT2D eigenvalue weighted by molar-refractivity contribution is -0.136. The molecule has 2 heterocycles. The van der Waals surface area contributed by atoms with Gasteiger partial charge in [-0.1, -0.05) is 0 Å². The molecule has 1 aromatic heterocycles. The first kappa shape index (κ1) is 14.9. The number of hydrogen-bond acceptors (Lipinski definition) is 5. The SMILES string of the molecule is O=C(O)Cc1ccc(S(=O)(=O)NC2CCCNC2=O)s1. The molecule has 0 radical (unpaired) electrons. The van der Waals surface area contributed by atoms with Crippen LogP contribution < -0.4 is 10.0 Å². The summed E-state index contributed by atoms with van der Waals surface area (Å²) in [6.45, 7) is 0.554. The third-order valence-corrected chi connectivity index (χ3v) is 5.86. The van der Waals surface area contributed by atoms with Crippen LogP contribution in [0.3, 0.4) is 0 Å². The van der Waals surface area contributed by atoms with Crippen molar-refractivity contribution < 1.29 is 23.1 Å². The second-order valence-electron chi connectivity index (χ2n) is 4.40. The number of hydrogen-bond donors (Lipinski definition) is 3. The Morgan fingerprint density at radius 3 is 2.90 bits per heavy atom. The Morgan fingerprint density at radius 2 is 2.25 bits per heavy atom. The maximum absolute atomic E-state index is 12.1. The fourth-order valence-corrected chi connectivity index (χ4v) is 4.47. The van der Waals surface area contributed by atoms with Gasteiger partial charge in [-0.2, -0.15) is 4.72 Å². The summed E-state index contributed by atoms with van der Waals surface area (Å²) in [6.07, 6.45) is 0.955. The van der Waals surface area contributed by atoms with Crippen molar-refractivity contribution in [1.82, 2.24) is 10.0 Å². The van der Waals surface area contributed by atoms with Gasteiger partial charge in [0.25, 0.3) is 10.0 Å². The number of rotatable bonds is 5. The van der Waals surface area contributed by atoms with Crippen LogP contribution in [0, 0.1) is 0 Å². The van der Waals surface area contributed by atoms with E-state index in [-0.39, 0.29) is 16.5 Å². The van der Waals surface area contributed by atoms with Crippen molar-refractivity contribution in [1.29, 1.82) is 0 Å². The van der Waals surface area contributed by atoms with Crippen molar-refractivity contribution in [3.63, 3.8) is 0 Å². The molecule has 0 aromatic carbocycles. The van der Waals surface area contributed by atoms with Crippen molar-refractivity contribution >= 4 is 33.2 Å². The molecule has 20 heavy (non-hydrogen) atoms. The van der Waals surface area contributed by atoms with Crippen LogP contribution in [0.25, 0.3) is 0 Å². The van der Waals surface area contributed by atoms with E-state index in [2.05, 4.69) is 10.0 Å². The summed E-state index contributed by atoms with van der Waals surface area (Å²) in [5.41, 5.74) is 0. The number of thiophene rings is 1. The van der Waals surface area contributed by atoms with E-state index in [9.17, 15) is 18.0 Å². The van der Waals surface area contributed by atoms with Gasteiger partial charge in [0, 0.05) is 11.4 Å². The average molecular weight is 318 g/mol. The standard InChI is InChI=1S/C11H14N2O5S2/c14-9(15)6-7-3-4-10(19-7)20(17,18)13-8-2-1-5-12-11(8)16/h3-4,8,13H,1-2,5-6H2,(H,12,16)(H,14,15). The fraction of sp³-hybridized carbons (Fsp3) is 0.455. The van der Waals surface area contributed by atoms with Gasteiger partial charge >= 0.3 is 5.97 Å². The van der Waals surface area contributed by atoms with E-state index in [1.54, 1.807) is 0 Å². The van der Waals surface area contributed by atoms with Gasteiger partial charge < -0.3 is 10.4 Å². The molecule has 1 aliphatic rings. The molecule has 2 rings (SSSR count). The predicted molar refractivity (Wildman–Crippen MR) is 72.0 cm³/mol. The summed E-state index contributed by atoms with van der Waals surface area (Å²) in [7, 11) is -3.79. The van der Waals surface area contributed by atoms with Crippen LogP contribution in [-0.4, -0.2) is 38.0 Å². The molecule has 0 aliphatic carbocycles. The van der Waals surface area contributed by atoms with Crippen molar-refractivity contribution in [2.75, 3.05) is 6.54 Å². The van der Waals surface area contributed by atoms with Crippen LogP contribution >= 0.6 is 11.3 Å². The van der Waals surface area contributed by atoms with Gasteiger partial charge in [0.1, 0.15) is 10.3 Å². The van der Waals surface area contributed by atoms with Crippen LogP contribution in [-0.2, 0) is 26.0 Å². The third kappa shape index (κ3) is 3.56. The predicted octanol–water partition coefficient (Wildman–Crippen LogP) is -0.0679. The molecule has 1 atom stereocenters. The highest BCUT2D eigenvalue weighted by Crippen LogP contribution is 2.22. The first-order valence-corrected chi connectivity index (χ1v) is 8.29. The Morgan fingerprint density at radius 1 is 1.50 bits per heavy atom. The maximum Gasteiger partial charge on any atom is 0.308 e. The Hall–Kier alpha value is -1.45. The number of carboxylic acids is 1. The number of aliphatic carboxylic acids is 1. The molecule has 1 saturated heterocycles. The molecule has 1 aliphatic heterocycles. The van der Waals surface area contributed by atoms with E-state index in [1.165, 1.54) is 12.1 Å². The molecule has 3 N–H and O–H groups in total. The Bertz CT molecular complexity index is 623. The molecular weight excluding hydrogens is 304 g/mol. The third-order valence-electron chi connectivity index (χ3n) is 2.81. The highest BCUT2D eigenvalue weighted by molar-refractivity contribution is 7.91. The maximum atomic E-state index is 12.1. The first-order chi connectivity index (χ1) is 9.38. The zero-order valence-corrected chi connectivity index (χ0v) is 12.1. The number of carbonyl (C=O) groups excluding carboxylic acids is 1. The smallest absolute Gasteiger partial charge is 0.308 e. The van der Waals surface area contributed by atoms with E-state index in [1.807, 2.05) is 0 Å². The van der Waals surface area contributed by atoms with Crippen molar-refractivity contribution in [3.8, 4) is 0 Å². The minimum Gasteiger partial charge on any atom is -0.481 e. The highest BCUT2D eigenvalue weighted by atomic mass is 32.2. The van der Waals surface area contributed by atoms with E-state index in [0.29, 0.717) is 24.3 Å².